The molecule has 1 unspecified atom stereocenters. The second-order valence-corrected chi connectivity index (χ2v) is 4.74. The van der Waals surface area contributed by atoms with Crippen molar-refractivity contribution < 1.29 is 14.6 Å². The summed E-state index contributed by atoms with van der Waals surface area (Å²) in [6.45, 7) is 5.96. The van der Waals surface area contributed by atoms with E-state index >= 15 is 0 Å². The average Bonchev–Trinajstić information content (AvgIpc) is 2.68. The first-order chi connectivity index (χ1) is 7.59. The Kier molecular flexibility index (Phi) is 5.77. The average molecular weight is 229 g/mol. The number of ether oxygens (including phenoxy) is 1. The van der Waals surface area contributed by atoms with E-state index in [0.717, 1.165) is 26.0 Å². The van der Waals surface area contributed by atoms with Crippen LogP contribution in [0.15, 0.2) is 0 Å². The molecule has 1 heterocycles. The first kappa shape index (κ1) is 13.5. The fourth-order valence-corrected chi connectivity index (χ4v) is 2.09. The standard InChI is InChI=1S/C12H23NO3/c1-10(2)13(9-12(14)15)7-3-5-11-6-4-8-16-11/h10-11H,3-9H2,1-2H3,(H,14,15). The smallest absolute Gasteiger partial charge is 0.317 e. The molecule has 1 N–H and O–H groups in total. The predicted octanol–water partition coefficient (Wildman–Crippen LogP) is 1.74. The number of nitrogens with zero attached hydrogens (tertiary/aromatic N) is 1. The molecule has 16 heavy (non-hydrogen) atoms. The Morgan fingerprint density at radius 3 is 2.81 bits per heavy atom. The first-order valence-electron chi connectivity index (χ1n) is 6.17. The number of carboxylic acid groups (broad SMARTS) is 1. The molecule has 0 aromatic rings. The van der Waals surface area contributed by atoms with Crippen molar-refractivity contribution in [2.24, 2.45) is 0 Å². The summed E-state index contributed by atoms with van der Waals surface area (Å²) in [5, 5.41) is 8.78. The highest BCUT2D eigenvalue weighted by Crippen LogP contribution is 2.17. The van der Waals surface area contributed by atoms with Crippen LogP contribution in [0.1, 0.15) is 39.5 Å². The monoisotopic (exact) mass is 229 g/mol. The zero-order chi connectivity index (χ0) is 12.0. The topological polar surface area (TPSA) is 49.8 Å². The summed E-state index contributed by atoms with van der Waals surface area (Å²) in [6.07, 6.45) is 4.84. The van der Waals surface area contributed by atoms with Crippen LogP contribution in [0.4, 0.5) is 0 Å². The maximum Gasteiger partial charge on any atom is 0.317 e. The maximum absolute atomic E-state index is 10.7. The fraction of sp³-hybridized carbons (Fsp3) is 0.917. The SMILES string of the molecule is CC(C)N(CCCC1CCCO1)CC(=O)O. The summed E-state index contributed by atoms with van der Waals surface area (Å²) in [5.41, 5.74) is 0. The van der Waals surface area contributed by atoms with Crippen LogP contribution < -0.4 is 0 Å². The summed E-state index contributed by atoms with van der Waals surface area (Å²) >= 11 is 0. The third kappa shape index (κ3) is 4.94. The van der Waals surface area contributed by atoms with Crippen LogP contribution in [-0.2, 0) is 9.53 Å². The molecule has 1 atom stereocenters. The number of aliphatic carboxylic acids is 1. The lowest BCUT2D eigenvalue weighted by Gasteiger charge is -2.24. The molecule has 1 rings (SSSR count). The van der Waals surface area contributed by atoms with E-state index in [1.807, 2.05) is 18.7 Å². The fourth-order valence-electron chi connectivity index (χ4n) is 2.09. The molecule has 4 heteroatoms. The van der Waals surface area contributed by atoms with Gasteiger partial charge in [-0.2, -0.15) is 0 Å². The predicted molar refractivity (Wildman–Crippen MR) is 62.6 cm³/mol. The summed E-state index contributed by atoms with van der Waals surface area (Å²) in [7, 11) is 0. The lowest BCUT2D eigenvalue weighted by molar-refractivity contribution is -0.138. The Morgan fingerprint density at radius 2 is 2.31 bits per heavy atom. The highest BCUT2D eigenvalue weighted by atomic mass is 16.5. The van der Waals surface area contributed by atoms with E-state index in [0.29, 0.717) is 12.1 Å². The van der Waals surface area contributed by atoms with Crippen molar-refractivity contribution >= 4 is 5.97 Å². The van der Waals surface area contributed by atoms with Gasteiger partial charge < -0.3 is 9.84 Å². The lowest BCUT2D eigenvalue weighted by atomic mass is 10.1. The molecule has 0 aromatic heterocycles. The minimum atomic E-state index is -0.745. The van der Waals surface area contributed by atoms with Gasteiger partial charge in [-0.1, -0.05) is 0 Å². The molecule has 1 aliphatic heterocycles. The molecule has 1 fully saturated rings. The van der Waals surface area contributed by atoms with Gasteiger partial charge in [0.25, 0.3) is 0 Å². The van der Waals surface area contributed by atoms with E-state index in [1.165, 1.54) is 12.8 Å². The summed E-state index contributed by atoms with van der Waals surface area (Å²) < 4.78 is 5.54. The Hall–Kier alpha value is -0.610. The molecule has 0 aliphatic carbocycles. The lowest BCUT2D eigenvalue weighted by Crippen LogP contribution is -2.36. The van der Waals surface area contributed by atoms with Gasteiger partial charge in [0.2, 0.25) is 0 Å². The summed E-state index contributed by atoms with van der Waals surface area (Å²) in [5.74, 6) is -0.745. The van der Waals surface area contributed by atoms with Gasteiger partial charge in [-0.25, -0.2) is 0 Å². The van der Waals surface area contributed by atoms with Gasteiger partial charge in [0.1, 0.15) is 0 Å². The number of carbonyl (C=O) groups is 1. The van der Waals surface area contributed by atoms with Crippen LogP contribution in [0.5, 0.6) is 0 Å². The quantitative estimate of drug-likeness (QED) is 0.722. The van der Waals surface area contributed by atoms with Crippen LogP contribution in [0.3, 0.4) is 0 Å². The van der Waals surface area contributed by atoms with E-state index in [4.69, 9.17) is 9.84 Å². The highest BCUT2D eigenvalue weighted by Gasteiger charge is 2.17. The van der Waals surface area contributed by atoms with Crippen molar-refractivity contribution in [1.29, 1.82) is 0 Å². The van der Waals surface area contributed by atoms with Crippen LogP contribution in [0, 0.1) is 0 Å². The largest absolute Gasteiger partial charge is 0.480 e. The van der Waals surface area contributed by atoms with Gasteiger partial charge in [0, 0.05) is 12.6 Å². The molecule has 0 radical (unpaired) electrons. The molecular weight excluding hydrogens is 206 g/mol. The molecule has 0 saturated carbocycles. The van der Waals surface area contributed by atoms with E-state index < -0.39 is 5.97 Å². The first-order valence-corrected chi connectivity index (χ1v) is 6.17. The number of hydrogen-bond donors (Lipinski definition) is 1. The van der Waals surface area contributed by atoms with Crippen molar-refractivity contribution in [3.63, 3.8) is 0 Å². The second-order valence-electron chi connectivity index (χ2n) is 4.74. The van der Waals surface area contributed by atoms with Crippen molar-refractivity contribution in [2.45, 2.75) is 51.7 Å². The zero-order valence-electron chi connectivity index (χ0n) is 10.3. The van der Waals surface area contributed by atoms with Gasteiger partial charge in [0.15, 0.2) is 0 Å². The minimum absolute atomic E-state index is 0.142. The second kappa shape index (κ2) is 6.86. The van der Waals surface area contributed by atoms with Crippen molar-refractivity contribution in [2.75, 3.05) is 19.7 Å². The number of rotatable bonds is 7. The molecule has 4 nitrogen and oxygen atoms in total. The Labute approximate surface area is 97.6 Å². The summed E-state index contributed by atoms with van der Waals surface area (Å²) in [6, 6.07) is 0.292. The molecule has 94 valence electrons. The molecule has 0 spiro atoms. The maximum atomic E-state index is 10.7. The molecular formula is C12H23NO3. The van der Waals surface area contributed by atoms with Gasteiger partial charge in [-0.05, 0) is 46.1 Å². The molecule has 1 aliphatic rings. The van der Waals surface area contributed by atoms with Crippen LogP contribution >= 0.6 is 0 Å². The van der Waals surface area contributed by atoms with Crippen LogP contribution in [0.25, 0.3) is 0 Å². The Balaban J connectivity index is 2.18. The van der Waals surface area contributed by atoms with Crippen LogP contribution in [0.2, 0.25) is 0 Å². The van der Waals surface area contributed by atoms with Gasteiger partial charge in [-0.3, -0.25) is 9.69 Å². The zero-order valence-corrected chi connectivity index (χ0v) is 10.3. The molecule has 1 saturated heterocycles. The molecule has 0 amide bonds. The third-order valence-corrected chi connectivity index (χ3v) is 3.06. The highest BCUT2D eigenvalue weighted by molar-refractivity contribution is 5.69. The Bertz CT molecular complexity index is 212. The molecule has 0 aromatic carbocycles. The van der Waals surface area contributed by atoms with Crippen LogP contribution in [-0.4, -0.2) is 47.8 Å². The van der Waals surface area contributed by atoms with Gasteiger partial charge in [-0.15, -0.1) is 0 Å². The third-order valence-electron chi connectivity index (χ3n) is 3.06. The van der Waals surface area contributed by atoms with E-state index in [2.05, 4.69) is 0 Å². The number of carboxylic acids is 1. The van der Waals surface area contributed by atoms with Crippen molar-refractivity contribution in [3.05, 3.63) is 0 Å². The van der Waals surface area contributed by atoms with Gasteiger partial charge >= 0.3 is 5.97 Å². The molecule has 0 bridgehead atoms. The summed E-state index contributed by atoms with van der Waals surface area (Å²) in [4.78, 5) is 12.7. The van der Waals surface area contributed by atoms with Crippen molar-refractivity contribution in [3.8, 4) is 0 Å². The minimum Gasteiger partial charge on any atom is -0.480 e. The van der Waals surface area contributed by atoms with E-state index in [9.17, 15) is 4.79 Å². The Morgan fingerprint density at radius 1 is 1.56 bits per heavy atom. The van der Waals surface area contributed by atoms with Crippen molar-refractivity contribution in [1.82, 2.24) is 4.90 Å². The van der Waals surface area contributed by atoms with E-state index in [-0.39, 0.29) is 6.54 Å². The normalized spacial score (nSPS) is 20.9. The van der Waals surface area contributed by atoms with Gasteiger partial charge in [0.05, 0.1) is 12.6 Å². The van der Waals surface area contributed by atoms with E-state index in [1.54, 1.807) is 0 Å². The number of hydrogen-bond acceptors (Lipinski definition) is 3.